The molecule has 0 unspecified atom stereocenters. The number of nitrogens with two attached hydrogens (primary N) is 1. The topological polar surface area (TPSA) is 80.4 Å². The minimum Gasteiger partial charge on any atom is -0.480 e. The van der Waals surface area contributed by atoms with E-state index in [0.29, 0.717) is 0 Å². The largest absolute Gasteiger partial charge is 0.480 e. The zero-order valence-electron chi connectivity index (χ0n) is 6.75. The minimum absolute atomic E-state index is 0.207. The van der Waals surface area contributed by atoms with Crippen LogP contribution in [0.1, 0.15) is 20.8 Å². The molecular formula is C6H12NO3S+. The van der Waals surface area contributed by atoms with Gasteiger partial charge in [-0.1, -0.05) is 0 Å². The van der Waals surface area contributed by atoms with E-state index in [1.807, 2.05) is 0 Å². The van der Waals surface area contributed by atoms with Crippen molar-refractivity contribution in [1.82, 2.24) is 0 Å². The first kappa shape index (κ1) is 10.4. The summed E-state index contributed by atoms with van der Waals surface area (Å²) in [6.45, 7) is 4.36. The average Bonchev–Trinajstić information content (AvgIpc) is 1.87. The van der Waals surface area contributed by atoms with Gasteiger partial charge in [-0.25, -0.2) is 4.79 Å². The van der Waals surface area contributed by atoms with Gasteiger partial charge in [-0.2, -0.15) is 0 Å². The summed E-state index contributed by atoms with van der Waals surface area (Å²) in [5.41, 5.74) is 3.94. The van der Waals surface area contributed by atoms with Crippen LogP contribution in [0, 0.1) is 0 Å². The van der Waals surface area contributed by atoms with E-state index in [-0.39, 0.29) is 11.7 Å². The highest BCUT2D eigenvalue weighted by atomic mass is 32.1. The SMILES string of the molecule is CC(C)([S+]=O)[C@](C)(N)C(=O)O. The molecule has 0 aromatic heterocycles. The van der Waals surface area contributed by atoms with Gasteiger partial charge >= 0.3 is 17.6 Å². The lowest BCUT2D eigenvalue weighted by atomic mass is 9.89. The number of hydrogen-bond donors (Lipinski definition) is 2. The molecule has 0 saturated carbocycles. The number of carboxylic acids is 1. The van der Waals surface area contributed by atoms with Gasteiger partial charge in [0.25, 0.3) is 4.75 Å². The molecule has 1 atom stereocenters. The number of hydrogen-bond acceptors (Lipinski definition) is 3. The predicted molar refractivity (Wildman–Crippen MR) is 42.4 cm³/mol. The van der Waals surface area contributed by atoms with Gasteiger partial charge in [0, 0.05) is 18.1 Å². The van der Waals surface area contributed by atoms with Gasteiger partial charge in [0.2, 0.25) is 0 Å². The fourth-order valence-corrected chi connectivity index (χ4v) is 0.604. The Morgan fingerprint density at radius 1 is 1.45 bits per heavy atom. The fourth-order valence-electron chi connectivity index (χ4n) is 0.344. The molecule has 0 aliphatic heterocycles. The average molecular weight is 178 g/mol. The van der Waals surface area contributed by atoms with E-state index in [1.54, 1.807) is 0 Å². The summed E-state index contributed by atoms with van der Waals surface area (Å²) in [6, 6.07) is 0. The Kier molecular flexibility index (Phi) is 2.69. The smallest absolute Gasteiger partial charge is 0.467 e. The maximum atomic E-state index is 10.5. The molecule has 64 valence electrons. The molecule has 0 heterocycles. The molecule has 0 aliphatic carbocycles. The standard InChI is InChI=1S/C6H11NO3S/c1-5(2,11-10)6(3,7)4(8)9/h7H2,1-3H3/p+1/t6-/m1/s1. The molecule has 0 saturated heterocycles. The first-order chi connectivity index (χ1) is 4.75. The van der Waals surface area contributed by atoms with E-state index in [2.05, 4.69) is 0 Å². The highest BCUT2D eigenvalue weighted by molar-refractivity contribution is 7.67. The van der Waals surface area contributed by atoms with Crippen LogP contribution in [-0.4, -0.2) is 21.4 Å². The van der Waals surface area contributed by atoms with Gasteiger partial charge in [-0.3, -0.25) is 0 Å². The molecule has 0 aromatic carbocycles. The second kappa shape index (κ2) is 2.83. The predicted octanol–water partition coefficient (Wildman–Crippen LogP) is -0.00490. The molecule has 0 fully saturated rings. The lowest BCUT2D eigenvalue weighted by molar-refractivity contribution is -0.143. The summed E-state index contributed by atoms with van der Waals surface area (Å²) < 4.78 is 9.47. The molecule has 5 heteroatoms. The van der Waals surface area contributed by atoms with Gasteiger partial charge in [0.1, 0.15) is 0 Å². The van der Waals surface area contributed by atoms with Crippen molar-refractivity contribution in [3.8, 4) is 0 Å². The lowest BCUT2D eigenvalue weighted by Crippen LogP contribution is -2.60. The van der Waals surface area contributed by atoms with Crippen LogP contribution in [0.25, 0.3) is 0 Å². The van der Waals surface area contributed by atoms with Crippen molar-refractivity contribution in [2.45, 2.75) is 31.1 Å². The van der Waals surface area contributed by atoms with Crippen molar-refractivity contribution < 1.29 is 14.1 Å². The van der Waals surface area contributed by atoms with E-state index in [9.17, 15) is 9.00 Å². The normalized spacial score (nSPS) is 17.1. The Labute approximate surface area is 69.3 Å². The van der Waals surface area contributed by atoms with Crippen LogP contribution >= 0.6 is 0 Å². The highest BCUT2D eigenvalue weighted by Gasteiger charge is 2.55. The molecule has 0 radical (unpaired) electrons. The van der Waals surface area contributed by atoms with E-state index in [0.717, 1.165) is 0 Å². The quantitative estimate of drug-likeness (QED) is 0.596. The minimum atomic E-state index is -1.49. The molecule has 0 spiro atoms. The van der Waals surface area contributed by atoms with Gasteiger partial charge in [0.15, 0.2) is 5.54 Å². The third kappa shape index (κ3) is 1.72. The Bertz CT molecular complexity index is 188. The summed E-state index contributed by atoms with van der Waals surface area (Å²) in [7, 11) is 0. The van der Waals surface area contributed by atoms with Crippen molar-refractivity contribution >= 4 is 17.6 Å². The number of carbonyl (C=O) groups is 1. The second-order valence-corrected chi connectivity index (χ2v) is 4.29. The van der Waals surface area contributed by atoms with Crippen molar-refractivity contribution in [1.29, 1.82) is 0 Å². The van der Waals surface area contributed by atoms with Crippen molar-refractivity contribution in [2.75, 3.05) is 0 Å². The van der Waals surface area contributed by atoms with Gasteiger partial charge in [-0.15, -0.1) is 0 Å². The molecule has 0 rings (SSSR count). The van der Waals surface area contributed by atoms with Crippen molar-refractivity contribution in [2.24, 2.45) is 5.73 Å². The van der Waals surface area contributed by atoms with E-state index in [1.165, 1.54) is 20.8 Å². The maximum absolute atomic E-state index is 10.5. The molecule has 3 N–H and O–H groups in total. The summed E-state index contributed by atoms with van der Waals surface area (Å²) in [5, 5.41) is 8.63. The summed E-state index contributed by atoms with van der Waals surface area (Å²) in [4.78, 5) is 10.5. The van der Waals surface area contributed by atoms with Crippen LogP contribution in [0.5, 0.6) is 0 Å². The van der Waals surface area contributed by atoms with E-state index in [4.69, 9.17) is 10.8 Å². The summed E-state index contributed by atoms with van der Waals surface area (Å²) in [5.74, 6) is -1.16. The first-order valence-corrected chi connectivity index (χ1v) is 3.83. The van der Waals surface area contributed by atoms with Crippen LogP contribution < -0.4 is 5.73 Å². The molecular weight excluding hydrogens is 166 g/mol. The number of aliphatic carboxylic acids is 1. The van der Waals surface area contributed by atoms with Crippen LogP contribution in [0.3, 0.4) is 0 Å². The first-order valence-electron chi connectivity index (χ1n) is 3.09. The molecule has 0 aromatic rings. The monoisotopic (exact) mass is 178 g/mol. The number of rotatable bonds is 3. The zero-order valence-corrected chi connectivity index (χ0v) is 7.57. The van der Waals surface area contributed by atoms with E-state index < -0.39 is 16.3 Å². The Hall–Kier alpha value is -0.550. The molecule has 0 bridgehead atoms. The fraction of sp³-hybridized carbons (Fsp3) is 0.833. The van der Waals surface area contributed by atoms with Crippen molar-refractivity contribution in [3.05, 3.63) is 0 Å². The Morgan fingerprint density at radius 2 is 1.82 bits per heavy atom. The van der Waals surface area contributed by atoms with Crippen LogP contribution in [0.15, 0.2) is 0 Å². The Balaban J connectivity index is 4.81. The number of carboxylic acid groups (broad SMARTS) is 1. The Morgan fingerprint density at radius 3 is 1.91 bits per heavy atom. The van der Waals surface area contributed by atoms with Crippen molar-refractivity contribution in [3.63, 3.8) is 0 Å². The highest BCUT2D eigenvalue weighted by Crippen LogP contribution is 2.21. The molecule has 11 heavy (non-hydrogen) atoms. The summed E-state index contributed by atoms with van der Waals surface area (Å²) in [6.07, 6.45) is 0. The maximum Gasteiger partial charge on any atom is 0.467 e. The van der Waals surface area contributed by atoms with Crippen LogP contribution in [-0.2, 0) is 20.7 Å². The van der Waals surface area contributed by atoms with Crippen LogP contribution in [0.2, 0.25) is 0 Å². The lowest BCUT2D eigenvalue weighted by Gasteiger charge is -2.22. The second-order valence-electron chi connectivity index (χ2n) is 3.10. The zero-order chi connectivity index (χ0) is 9.28. The molecule has 4 nitrogen and oxygen atoms in total. The molecule has 0 aliphatic rings. The van der Waals surface area contributed by atoms with Gasteiger partial charge in [0.05, 0.1) is 0 Å². The van der Waals surface area contributed by atoms with Gasteiger partial charge < -0.3 is 10.8 Å². The third-order valence-electron chi connectivity index (χ3n) is 1.90. The molecule has 0 amide bonds. The van der Waals surface area contributed by atoms with E-state index >= 15 is 0 Å². The van der Waals surface area contributed by atoms with Crippen LogP contribution in [0.4, 0.5) is 0 Å². The third-order valence-corrected chi connectivity index (χ3v) is 2.74. The summed E-state index contributed by atoms with van der Waals surface area (Å²) >= 11 is 0.207. The van der Waals surface area contributed by atoms with Gasteiger partial charge in [-0.05, 0) is 6.92 Å².